The van der Waals surface area contributed by atoms with E-state index < -0.39 is 29.5 Å². The first-order valence-electron chi connectivity index (χ1n) is 8.11. The Bertz CT molecular complexity index is 1020. The highest BCUT2D eigenvalue weighted by Crippen LogP contribution is 2.27. The number of halogens is 4. The van der Waals surface area contributed by atoms with Gasteiger partial charge in [0.2, 0.25) is 0 Å². The molecule has 3 N–H and O–H groups in total. The van der Waals surface area contributed by atoms with Crippen LogP contribution in [-0.4, -0.2) is 31.9 Å². The number of carboxylic acids is 1. The number of nitrogens with zero attached hydrogens (tertiary/aromatic N) is 3. The van der Waals surface area contributed by atoms with Crippen LogP contribution < -0.4 is 10.5 Å². The van der Waals surface area contributed by atoms with Crippen molar-refractivity contribution in [3.8, 4) is 17.3 Å². The lowest BCUT2D eigenvalue weighted by molar-refractivity contribution is -0.137. The molecule has 0 spiro atoms. The quantitative estimate of drug-likeness (QED) is 0.574. The third-order valence-corrected chi connectivity index (χ3v) is 3.94. The van der Waals surface area contributed by atoms with Crippen molar-refractivity contribution < 1.29 is 23.4 Å². The van der Waals surface area contributed by atoms with Crippen molar-refractivity contribution >= 4 is 30.0 Å². The van der Waals surface area contributed by atoms with Crippen LogP contribution >= 0.6 is 24.0 Å². The molecule has 1 atom stereocenters. The topological polar surface area (TPSA) is 103 Å². The number of aromatic nitrogens is 3. The standard InChI is InChI=1S/C18H15ClF2N4O3.ClH/c19-11-4-15(21)18(23-8-11)28-16-2-1-13(6-14(16)20)25-9-10(7-24-25)3-12(22)5-17(26)27;/h1-2,4,6-9,12H,3,5,22H2,(H,26,27);1H. The number of hydrogen-bond acceptors (Lipinski definition) is 5. The molecule has 0 saturated carbocycles. The minimum absolute atomic E-state index is 0. The van der Waals surface area contributed by atoms with Gasteiger partial charge in [0.25, 0.3) is 5.88 Å². The number of aliphatic carboxylic acids is 1. The van der Waals surface area contributed by atoms with E-state index in [1.807, 2.05) is 0 Å². The summed E-state index contributed by atoms with van der Waals surface area (Å²) in [5, 5.41) is 13.0. The Hall–Kier alpha value is -2.75. The van der Waals surface area contributed by atoms with E-state index in [1.165, 1.54) is 29.2 Å². The van der Waals surface area contributed by atoms with Gasteiger partial charge in [0.15, 0.2) is 17.4 Å². The third-order valence-electron chi connectivity index (χ3n) is 3.73. The van der Waals surface area contributed by atoms with E-state index in [4.69, 9.17) is 27.2 Å². The molecule has 0 fully saturated rings. The molecule has 0 radical (unpaired) electrons. The average molecular weight is 445 g/mol. The Balaban J connectivity index is 0.00000300. The molecule has 154 valence electrons. The summed E-state index contributed by atoms with van der Waals surface area (Å²) in [6, 6.07) is 4.47. The minimum Gasteiger partial charge on any atom is -0.481 e. The largest absolute Gasteiger partial charge is 0.481 e. The summed E-state index contributed by atoms with van der Waals surface area (Å²) < 4.78 is 34.7. The van der Waals surface area contributed by atoms with E-state index in [2.05, 4.69) is 10.1 Å². The third kappa shape index (κ3) is 5.86. The van der Waals surface area contributed by atoms with E-state index in [0.717, 1.165) is 12.1 Å². The molecule has 2 heterocycles. The Morgan fingerprint density at radius 2 is 2.03 bits per heavy atom. The molecule has 2 aromatic heterocycles. The molecule has 0 aliphatic rings. The predicted molar refractivity (Wildman–Crippen MR) is 104 cm³/mol. The molecule has 3 aromatic rings. The van der Waals surface area contributed by atoms with E-state index in [-0.39, 0.29) is 29.6 Å². The second kappa shape index (κ2) is 9.64. The lowest BCUT2D eigenvalue weighted by Gasteiger charge is -2.09. The van der Waals surface area contributed by atoms with Crippen LogP contribution in [0, 0.1) is 11.6 Å². The number of rotatable bonds is 7. The molecular formula is C18H16Cl2F2N4O3. The Labute approximate surface area is 175 Å². The van der Waals surface area contributed by atoms with Gasteiger partial charge in [-0.2, -0.15) is 5.10 Å². The first kappa shape index (κ1) is 22.5. The summed E-state index contributed by atoms with van der Waals surface area (Å²) in [6.45, 7) is 0. The molecule has 29 heavy (non-hydrogen) atoms. The van der Waals surface area contributed by atoms with Gasteiger partial charge in [-0.15, -0.1) is 12.4 Å². The highest BCUT2D eigenvalue weighted by Gasteiger charge is 2.14. The van der Waals surface area contributed by atoms with Crippen molar-refractivity contribution in [3.05, 3.63) is 65.1 Å². The maximum absolute atomic E-state index is 14.4. The van der Waals surface area contributed by atoms with Crippen LogP contribution in [0.5, 0.6) is 11.6 Å². The van der Waals surface area contributed by atoms with Crippen LogP contribution in [0.15, 0.2) is 42.9 Å². The summed E-state index contributed by atoms with van der Waals surface area (Å²) in [5.41, 5.74) is 6.86. The highest BCUT2D eigenvalue weighted by atomic mass is 35.5. The summed E-state index contributed by atoms with van der Waals surface area (Å²) >= 11 is 5.62. The summed E-state index contributed by atoms with van der Waals surface area (Å²) in [6.07, 6.45) is 4.49. The van der Waals surface area contributed by atoms with E-state index in [9.17, 15) is 13.6 Å². The first-order valence-corrected chi connectivity index (χ1v) is 8.49. The van der Waals surface area contributed by atoms with Crippen molar-refractivity contribution in [2.45, 2.75) is 18.9 Å². The normalized spacial score (nSPS) is 11.6. The second-order valence-electron chi connectivity index (χ2n) is 6.01. The van der Waals surface area contributed by atoms with E-state index >= 15 is 0 Å². The van der Waals surface area contributed by atoms with Gasteiger partial charge in [-0.25, -0.2) is 18.4 Å². The molecule has 7 nitrogen and oxygen atoms in total. The van der Waals surface area contributed by atoms with Crippen LogP contribution in [0.3, 0.4) is 0 Å². The number of benzene rings is 1. The second-order valence-corrected chi connectivity index (χ2v) is 6.45. The van der Waals surface area contributed by atoms with Crippen molar-refractivity contribution in [3.63, 3.8) is 0 Å². The first-order chi connectivity index (χ1) is 13.3. The number of carbonyl (C=O) groups is 1. The molecule has 0 bridgehead atoms. The number of ether oxygens (including phenoxy) is 1. The highest BCUT2D eigenvalue weighted by molar-refractivity contribution is 6.30. The predicted octanol–water partition coefficient (Wildman–Crippen LogP) is 3.76. The fourth-order valence-corrected chi connectivity index (χ4v) is 2.65. The van der Waals surface area contributed by atoms with Gasteiger partial charge in [-0.05, 0) is 30.2 Å². The molecule has 0 amide bonds. The zero-order valence-corrected chi connectivity index (χ0v) is 16.3. The smallest absolute Gasteiger partial charge is 0.304 e. The molecule has 3 rings (SSSR count). The summed E-state index contributed by atoms with van der Waals surface area (Å²) in [4.78, 5) is 14.4. The SMILES string of the molecule is Cl.NC(CC(=O)O)Cc1cnn(-c2ccc(Oc3ncc(Cl)cc3F)c(F)c2)c1. The van der Waals surface area contributed by atoms with Crippen molar-refractivity contribution in [2.24, 2.45) is 5.73 Å². The molecule has 0 aliphatic heterocycles. The van der Waals surface area contributed by atoms with E-state index in [0.29, 0.717) is 17.7 Å². The molecule has 0 aliphatic carbocycles. The number of carboxylic acid groups (broad SMARTS) is 1. The van der Waals surface area contributed by atoms with Crippen LogP contribution in [-0.2, 0) is 11.2 Å². The zero-order valence-electron chi connectivity index (χ0n) is 14.8. The molecule has 1 unspecified atom stereocenters. The molecular weight excluding hydrogens is 429 g/mol. The van der Waals surface area contributed by atoms with Crippen molar-refractivity contribution in [1.82, 2.24) is 14.8 Å². The van der Waals surface area contributed by atoms with Gasteiger partial charge in [0, 0.05) is 24.5 Å². The van der Waals surface area contributed by atoms with Crippen molar-refractivity contribution in [1.29, 1.82) is 0 Å². The summed E-state index contributed by atoms with van der Waals surface area (Å²) in [5.74, 6) is -3.15. The molecule has 1 aromatic carbocycles. The monoisotopic (exact) mass is 444 g/mol. The summed E-state index contributed by atoms with van der Waals surface area (Å²) in [7, 11) is 0. The van der Waals surface area contributed by atoms with Gasteiger partial charge in [0.1, 0.15) is 0 Å². The fraction of sp³-hybridized carbons (Fsp3) is 0.167. The van der Waals surface area contributed by atoms with Gasteiger partial charge in [-0.3, -0.25) is 4.79 Å². The van der Waals surface area contributed by atoms with Crippen LogP contribution in [0.4, 0.5) is 8.78 Å². The maximum atomic E-state index is 14.4. The van der Waals surface area contributed by atoms with Crippen molar-refractivity contribution in [2.75, 3.05) is 0 Å². The number of pyridine rings is 1. The average Bonchev–Trinajstić information content (AvgIpc) is 3.06. The lowest BCUT2D eigenvalue weighted by atomic mass is 10.1. The van der Waals surface area contributed by atoms with Gasteiger partial charge in [0.05, 0.1) is 23.3 Å². The van der Waals surface area contributed by atoms with Crippen LogP contribution in [0.1, 0.15) is 12.0 Å². The maximum Gasteiger partial charge on any atom is 0.304 e. The Kier molecular flexibility index (Phi) is 7.49. The van der Waals surface area contributed by atoms with Gasteiger partial charge < -0.3 is 15.6 Å². The molecule has 0 saturated heterocycles. The lowest BCUT2D eigenvalue weighted by Crippen LogP contribution is -2.25. The zero-order chi connectivity index (χ0) is 20.3. The Morgan fingerprint density at radius 1 is 1.28 bits per heavy atom. The molecule has 11 heteroatoms. The van der Waals surface area contributed by atoms with E-state index in [1.54, 1.807) is 6.20 Å². The fourth-order valence-electron chi connectivity index (χ4n) is 2.50. The van der Waals surface area contributed by atoms with Crippen LogP contribution in [0.2, 0.25) is 5.02 Å². The van der Waals surface area contributed by atoms with Gasteiger partial charge in [-0.1, -0.05) is 11.6 Å². The van der Waals surface area contributed by atoms with Gasteiger partial charge >= 0.3 is 5.97 Å². The minimum atomic E-state index is -0.982. The van der Waals surface area contributed by atoms with Crippen LogP contribution in [0.25, 0.3) is 5.69 Å². The Morgan fingerprint density at radius 3 is 2.69 bits per heavy atom. The number of hydrogen-bond donors (Lipinski definition) is 2. The number of nitrogens with two attached hydrogens (primary N) is 1.